The molecule has 20 heavy (non-hydrogen) atoms. The zero-order valence-corrected chi connectivity index (χ0v) is 14.1. The van der Waals surface area contributed by atoms with Crippen molar-refractivity contribution >= 4 is 21.6 Å². The van der Waals surface area contributed by atoms with E-state index in [1.165, 1.54) is 48.0 Å². The Morgan fingerprint density at radius 3 is 2.60 bits per heavy atom. The molecule has 0 radical (unpaired) electrons. The van der Waals surface area contributed by atoms with Gasteiger partial charge in [-0.3, -0.25) is 0 Å². The van der Waals surface area contributed by atoms with Gasteiger partial charge in [-0.05, 0) is 69.2 Å². The summed E-state index contributed by atoms with van der Waals surface area (Å²) in [6, 6.07) is 8.08. The summed E-state index contributed by atoms with van der Waals surface area (Å²) in [5, 5.41) is 3.66. The third-order valence-corrected chi connectivity index (χ3v) is 4.78. The monoisotopic (exact) mass is 336 g/mol. The van der Waals surface area contributed by atoms with Crippen molar-refractivity contribution in [3.8, 4) is 0 Å². The van der Waals surface area contributed by atoms with E-state index in [0.717, 1.165) is 18.5 Å². The highest BCUT2D eigenvalue weighted by atomic mass is 79.9. The van der Waals surface area contributed by atoms with Gasteiger partial charge in [0.2, 0.25) is 0 Å². The van der Waals surface area contributed by atoms with Crippen LogP contribution in [0, 0.1) is 5.92 Å². The van der Waals surface area contributed by atoms with E-state index in [4.69, 9.17) is 0 Å². The molecule has 2 nitrogen and oxygen atoms in total. The van der Waals surface area contributed by atoms with Gasteiger partial charge < -0.3 is 10.2 Å². The Balaban J connectivity index is 1.79. The molecule has 2 fully saturated rings. The highest BCUT2D eigenvalue weighted by Gasteiger charge is 2.27. The number of halogens is 1. The van der Waals surface area contributed by atoms with Crippen molar-refractivity contribution in [3.05, 3.63) is 28.2 Å². The lowest BCUT2D eigenvalue weighted by Crippen LogP contribution is -2.34. The molecule has 0 atom stereocenters. The van der Waals surface area contributed by atoms with Crippen LogP contribution in [0.15, 0.2) is 22.7 Å². The van der Waals surface area contributed by atoms with E-state index >= 15 is 0 Å². The standard InChI is InChI=1S/C17H25BrN2/c1-12(2)20(11-13-3-4-13)17-8-5-15(18)9-14(17)10-19-16-6-7-16/h5,8-9,12-13,16,19H,3-4,6-7,10-11H2,1-2H3. The van der Waals surface area contributed by atoms with Crippen LogP contribution in [-0.4, -0.2) is 18.6 Å². The lowest BCUT2D eigenvalue weighted by Gasteiger charge is -2.31. The first kappa shape index (κ1) is 14.4. The molecule has 2 aliphatic carbocycles. The Labute approximate surface area is 131 Å². The molecule has 2 saturated carbocycles. The second-order valence-corrected chi connectivity index (χ2v) is 7.53. The molecule has 0 aromatic heterocycles. The Morgan fingerprint density at radius 1 is 1.25 bits per heavy atom. The van der Waals surface area contributed by atoms with E-state index in [1.54, 1.807) is 0 Å². The molecule has 0 bridgehead atoms. The summed E-state index contributed by atoms with van der Waals surface area (Å²) in [6.45, 7) is 6.83. The van der Waals surface area contributed by atoms with Gasteiger partial charge in [-0.15, -0.1) is 0 Å². The number of hydrogen-bond donors (Lipinski definition) is 1. The number of hydrogen-bond acceptors (Lipinski definition) is 2. The second kappa shape index (κ2) is 6.07. The zero-order chi connectivity index (χ0) is 14.1. The molecule has 2 aliphatic rings. The van der Waals surface area contributed by atoms with E-state index in [-0.39, 0.29) is 0 Å². The summed E-state index contributed by atoms with van der Waals surface area (Å²) in [6.07, 6.45) is 5.52. The SMILES string of the molecule is CC(C)N(CC1CC1)c1ccc(Br)cc1CNC1CC1. The zero-order valence-electron chi connectivity index (χ0n) is 12.5. The van der Waals surface area contributed by atoms with Crippen LogP contribution < -0.4 is 10.2 Å². The van der Waals surface area contributed by atoms with Crippen molar-refractivity contribution < 1.29 is 0 Å². The van der Waals surface area contributed by atoms with Crippen LogP contribution in [0.4, 0.5) is 5.69 Å². The molecule has 0 spiro atoms. The molecule has 0 aliphatic heterocycles. The van der Waals surface area contributed by atoms with Crippen molar-refractivity contribution in [1.82, 2.24) is 5.32 Å². The molecule has 3 rings (SSSR count). The van der Waals surface area contributed by atoms with Crippen molar-refractivity contribution in [2.24, 2.45) is 5.92 Å². The summed E-state index contributed by atoms with van der Waals surface area (Å²) in [5.41, 5.74) is 2.85. The molecule has 0 heterocycles. The van der Waals surface area contributed by atoms with Crippen molar-refractivity contribution in [1.29, 1.82) is 0 Å². The lowest BCUT2D eigenvalue weighted by atomic mass is 10.1. The van der Waals surface area contributed by atoms with Gasteiger partial charge in [0.1, 0.15) is 0 Å². The Kier molecular flexibility index (Phi) is 4.37. The largest absolute Gasteiger partial charge is 0.369 e. The fraction of sp³-hybridized carbons (Fsp3) is 0.647. The van der Waals surface area contributed by atoms with Crippen LogP contribution in [-0.2, 0) is 6.54 Å². The van der Waals surface area contributed by atoms with Gasteiger partial charge >= 0.3 is 0 Å². The minimum atomic E-state index is 0.566. The lowest BCUT2D eigenvalue weighted by molar-refractivity contribution is 0.632. The molecule has 110 valence electrons. The predicted octanol–water partition coefficient (Wildman–Crippen LogP) is 4.33. The molecular formula is C17H25BrN2. The maximum atomic E-state index is 3.66. The smallest absolute Gasteiger partial charge is 0.0415 e. The summed E-state index contributed by atoms with van der Waals surface area (Å²) in [7, 11) is 0. The molecule has 1 N–H and O–H groups in total. The maximum Gasteiger partial charge on any atom is 0.0415 e. The predicted molar refractivity (Wildman–Crippen MR) is 89.2 cm³/mol. The fourth-order valence-electron chi connectivity index (χ4n) is 2.68. The van der Waals surface area contributed by atoms with E-state index in [9.17, 15) is 0 Å². The summed E-state index contributed by atoms with van der Waals surface area (Å²) >= 11 is 3.62. The Hall–Kier alpha value is -0.540. The molecular weight excluding hydrogens is 312 g/mol. The molecule has 1 aromatic carbocycles. The van der Waals surface area contributed by atoms with Crippen LogP contribution in [0.3, 0.4) is 0 Å². The van der Waals surface area contributed by atoms with Gasteiger partial charge in [-0.25, -0.2) is 0 Å². The first-order chi connectivity index (χ1) is 9.63. The topological polar surface area (TPSA) is 15.3 Å². The van der Waals surface area contributed by atoms with Gasteiger partial charge in [0.15, 0.2) is 0 Å². The van der Waals surface area contributed by atoms with Crippen LogP contribution in [0.25, 0.3) is 0 Å². The second-order valence-electron chi connectivity index (χ2n) is 6.62. The molecule has 0 unspecified atom stereocenters. The van der Waals surface area contributed by atoms with Crippen molar-refractivity contribution in [2.75, 3.05) is 11.4 Å². The number of benzene rings is 1. The number of rotatable bonds is 7. The summed E-state index contributed by atoms with van der Waals surface area (Å²) in [5.74, 6) is 0.922. The highest BCUT2D eigenvalue weighted by molar-refractivity contribution is 9.10. The number of nitrogens with one attached hydrogen (secondary N) is 1. The van der Waals surface area contributed by atoms with Gasteiger partial charge in [-0.1, -0.05) is 15.9 Å². The van der Waals surface area contributed by atoms with Gasteiger partial charge in [-0.2, -0.15) is 0 Å². The van der Waals surface area contributed by atoms with E-state index in [0.29, 0.717) is 6.04 Å². The van der Waals surface area contributed by atoms with Gasteiger partial charge in [0.05, 0.1) is 0 Å². The fourth-order valence-corrected chi connectivity index (χ4v) is 3.09. The Morgan fingerprint density at radius 2 is 2.00 bits per heavy atom. The number of nitrogens with zero attached hydrogens (tertiary/aromatic N) is 1. The minimum absolute atomic E-state index is 0.566. The Bertz CT molecular complexity index is 464. The third-order valence-electron chi connectivity index (χ3n) is 4.28. The number of anilines is 1. The van der Waals surface area contributed by atoms with Crippen LogP contribution in [0.5, 0.6) is 0 Å². The van der Waals surface area contributed by atoms with Crippen molar-refractivity contribution in [2.45, 2.75) is 58.2 Å². The van der Waals surface area contributed by atoms with Gasteiger partial charge in [0.25, 0.3) is 0 Å². The molecule has 0 saturated heterocycles. The van der Waals surface area contributed by atoms with E-state index in [1.807, 2.05) is 0 Å². The first-order valence-electron chi connectivity index (χ1n) is 7.92. The minimum Gasteiger partial charge on any atom is -0.369 e. The summed E-state index contributed by atoms with van der Waals surface area (Å²) in [4.78, 5) is 2.59. The van der Waals surface area contributed by atoms with E-state index in [2.05, 4.69) is 58.2 Å². The molecule has 3 heteroatoms. The van der Waals surface area contributed by atoms with E-state index < -0.39 is 0 Å². The highest BCUT2D eigenvalue weighted by Crippen LogP contribution is 2.34. The molecule has 0 amide bonds. The van der Waals surface area contributed by atoms with Crippen LogP contribution in [0.2, 0.25) is 0 Å². The third kappa shape index (κ3) is 3.76. The van der Waals surface area contributed by atoms with Crippen molar-refractivity contribution in [3.63, 3.8) is 0 Å². The maximum absolute atomic E-state index is 3.66. The molecule has 1 aromatic rings. The van der Waals surface area contributed by atoms with Crippen LogP contribution >= 0.6 is 15.9 Å². The average molecular weight is 337 g/mol. The van der Waals surface area contributed by atoms with Crippen LogP contribution in [0.1, 0.15) is 45.1 Å². The summed E-state index contributed by atoms with van der Waals surface area (Å²) < 4.78 is 1.18. The van der Waals surface area contributed by atoms with Gasteiger partial charge in [0, 0.05) is 35.3 Å². The quantitative estimate of drug-likeness (QED) is 0.797. The normalized spacial score (nSPS) is 18.6. The first-order valence-corrected chi connectivity index (χ1v) is 8.71. The average Bonchev–Trinajstić information content (AvgIpc) is 3.28.